The van der Waals surface area contributed by atoms with E-state index in [1.807, 2.05) is 48.5 Å². The van der Waals surface area contributed by atoms with Crippen LogP contribution in [-0.2, 0) is 66.1 Å². The Kier molecular flexibility index (Phi) is 18.3. The van der Waals surface area contributed by atoms with Crippen molar-refractivity contribution in [1.82, 2.24) is 0 Å². The lowest BCUT2D eigenvalue weighted by Crippen LogP contribution is -2.29. The van der Waals surface area contributed by atoms with Gasteiger partial charge >= 0.3 is 0 Å². The van der Waals surface area contributed by atoms with Crippen LogP contribution in [0.25, 0.3) is 11.1 Å². The standard InChI is InChI=1S/C43H48Br2O12/c1-48-11-13-50-15-17-52-19-21-56-41-10-5-34(24-42(41)57-22-20-53-18-16-51-14-12-49-2)43(33-4-3-31(27-54-29-46)32(23-33)28-55-30-47)39-25-35(44)6-8-37(39)38-9-7-36(45)26-40(38)43/h3-10,23-26,29-30H,11-22,27-28H2,1-2H3. The molecule has 0 aromatic heterocycles. The van der Waals surface area contributed by atoms with Crippen molar-refractivity contribution in [3.8, 4) is 22.6 Å². The Hall–Kier alpha value is -3.86. The van der Waals surface area contributed by atoms with E-state index in [2.05, 4.69) is 56.1 Å². The minimum absolute atomic E-state index is 0.0123. The van der Waals surface area contributed by atoms with Crippen molar-refractivity contribution in [2.75, 3.05) is 93.5 Å². The van der Waals surface area contributed by atoms with Crippen molar-refractivity contribution in [1.29, 1.82) is 0 Å². The molecule has 12 nitrogen and oxygen atoms in total. The summed E-state index contributed by atoms with van der Waals surface area (Å²) in [5.74, 6) is 1.07. The van der Waals surface area contributed by atoms with Crippen LogP contribution < -0.4 is 9.47 Å². The smallest absolute Gasteiger partial charge is 0.293 e. The van der Waals surface area contributed by atoms with Crippen LogP contribution in [0.5, 0.6) is 11.5 Å². The summed E-state index contributed by atoms with van der Waals surface area (Å²) in [4.78, 5) is 22.6. The largest absolute Gasteiger partial charge is 0.487 e. The molecule has 0 atom stereocenters. The number of ether oxygens (including phenoxy) is 10. The fourth-order valence-corrected chi connectivity index (χ4v) is 7.48. The number of hydrogen-bond acceptors (Lipinski definition) is 12. The number of carbonyl (C=O) groups excluding carboxylic acids is 2. The quantitative estimate of drug-likeness (QED) is 0.0378. The van der Waals surface area contributed by atoms with E-state index in [4.69, 9.17) is 47.4 Å². The third kappa shape index (κ3) is 11.6. The molecular weight excluding hydrogens is 868 g/mol. The minimum Gasteiger partial charge on any atom is -0.487 e. The molecule has 0 radical (unpaired) electrons. The minimum atomic E-state index is -0.892. The van der Waals surface area contributed by atoms with Gasteiger partial charge in [0.05, 0.1) is 71.5 Å². The van der Waals surface area contributed by atoms with Gasteiger partial charge in [-0.3, -0.25) is 9.59 Å². The maximum atomic E-state index is 11.4. The molecule has 306 valence electrons. The van der Waals surface area contributed by atoms with Crippen molar-refractivity contribution in [3.63, 3.8) is 0 Å². The molecule has 57 heavy (non-hydrogen) atoms. The summed E-state index contributed by atoms with van der Waals surface area (Å²) in [7, 11) is 3.27. The average Bonchev–Trinajstić information content (AvgIpc) is 3.50. The number of rotatable bonds is 28. The Bertz CT molecular complexity index is 1840. The summed E-state index contributed by atoms with van der Waals surface area (Å²) in [5.41, 5.74) is 6.50. The van der Waals surface area contributed by atoms with Gasteiger partial charge in [0.15, 0.2) is 11.5 Å². The van der Waals surface area contributed by atoms with Crippen LogP contribution in [0, 0.1) is 0 Å². The van der Waals surface area contributed by atoms with E-state index in [0.29, 0.717) is 102 Å². The molecule has 0 unspecified atom stereocenters. The van der Waals surface area contributed by atoms with E-state index in [0.717, 1.165) is 42.3 Å². The van der Waals surface area contributed by atoms with Gasteiger partial charge in [0.25, 0.3) is 12.9 Å². The van der Waals surface area contributed by atoms with Gasteiger partial charge in [-0.1, -0.05) is 68.3 Å². The van der Waals surface area contributed by atoms with Gasteiger partial charge in [0.1, 0.15) is 26.4 Å². The van der Waals surface area contributed by atoms with E-state index in [9.17, 15) is 9.59 Å². The zero-order chi connectivity index (χ0) is 40.3. The van der Waals surface area contributed by atoms with Crippen LogP contribution in [0.3, 0.4) is 0 Å². The van der Waals surface area contributed by atoms with Gasteiger partial charge in [0.2, 0.25) is 0 Å². The topological polar surface area (TPSA) is 126 Å². The average molecular weight is 917 g/mol. The second kappa shape index (κ2) is 23.5. The van der Waals surface area contributed by atoms with Crippen LogP contribution >= 0.6 is 31.9 Å². The Morgan fingerprint density at radius 2 is 0.947 bits per heavy atom. The number of benzene rings is 4. The molecule has 0 saturated carbocycles. The summed E-state index contributed by atoms with van der Waals surface area (Å²) in [6, 6.07) is 24.5. The molecule has 1 aliphatic carbocycles. The highest BCUT2D eigenvalue weighted by Crippen LogP contribution is 2.58. The first-order chi connectivity index (χ1) is 28.0. The zero-order valence-electron chi connectivity index (χ0n) is 32.1. The van der Waals surface area contributed by atoms with E-state index < -0.39 is 5.41 Å². The number of hydrogen-bond donors (Lipinski definition) is 0. The maximum Gasteiger partial charge on any atom is 0.293 e. The normalized spacial score (nSPS) is 12.5. The van der Waals surface area contributed by atoms with Crippen molar-refractivity contribution in [2.45, 2.75) is 18.6 Å². The van der Waals surface area contributed by atoms with Gasteiger partial charge in [-0.2, -0.15) is 0 Å². The predicted molar refractivity (Wildman–Crippen MR) is 219 cm³/mol. The van der Waals surface area contributed by atoms with Crippen LogP contribution in [0.15, 0.2) is 81.7 Å². The molecule has 0 aliphatic heterocycles. The van der Waals surface area contributed by atoms with Gasteiger partial charge in [-0.25, -0.2) is 0 Å². The lowest BCUT2D eigenvalue weighted by molar-refractivity contribution is -0.131. The SMILES string of the molecule is COCCOCCOCCOc1ccc(C2(c3ccc(COC=O)c(COC=O)c3)c3cc(Br)ccc3-c3ccc(Br)cc32)cc1OCCOCCOCCOC. The molecule has 0 spiro atoms. The number of carbonyl (C=O) groups is 2. The first-order valence-electron chi connectivity index (χ1n) is 18.5. The lowest BCUT2D eigenvalue weighted by Gasteiger charge is -2.35. The van der Waals surface area contributed by atoms with Crippen LogP contribution in [0.1, 0.15) is 33.4 Å². The molecule has 14 heteroatoms. The highest BCUT2D eigenvalue weighted by atomic mass is 79.9. The molecule has 4 aromatic rings. The number of halogens is 2. The lowest BCUT2D eigenvalue weighted by atomic mass is 9.67. The van der Waals surface area contributed by atoms with Crippen LogP contribution in [-0.4, -0.2) is 106 Å². The highest BCUT2D eigenvalue weighted by Gasteiger charge is 2.47. The molecule has 4 aromatic carbocycles. The molecule has 1 aliphatic rings. The van der Waals surface area contributed by atoms with Crippen LogP contribution in [0.2, 0.25) is 0 Å². The summed E-state index contributed by atoms with van der Waals surface area (Å²) in [6.45, 7) is 5.80. The van der Waals surface area contributed by atoms with E-state index in [-0.39, 0.29) is 26.4 Å². The molecule has 5 rings (SSSR count). The summed E-state index contributed by atoms with van der Waals surface area (Å²) in [6.07, 6.45) is 0. The second-order valence-electron chi connectivity index (χ2n) is 12.7. The molecular formula is C43H48Br2O12. The van der Waals surface area contributed by atoms with E-state index >= 15 is 0 Å². The first kappa shape index (κ1) is 44.2. The van der Waals surface area contributed by atoms with E-state index in [1.54, 1.807) is 14.2 Å². The predicted octanol–water partition coefficient (Wildman–Crippen LogP) is 7.04. The summed E-state index contributed by atoms with van der Waals surface area (Å²) >= 11 is 7.51. The monoisotopic (exact) mass is 914 g/mol. The van der Waals surface area contributed by atoms with Crippen molar-refractivity contribution < 1.29 is 57.0 Å². The number of fused-ring (bicyclic) bond motifs is 3. The highest BCUT2D eigenvalue weighted by molar-refractivity contribution is 9.10. The Morgan fingerprint density at radius 1 is 0.491 bits per heavy atom. The van der Waals surface area contributed by atoms with Crippen LogP contribution in [0.4, 0.5) is 0 Å². The summed E-state index contributed by atoms with van der Waals surface area (Å²) in [5, 5.41) is 0. The van der Waals surface area contributed by atoms with Crippen molar-refractivity contribution in [2.24, 2.45) is 0 Å². The zero-order valence-corrected chi connectivity index (χ0v) is 35.3. The molecule has 0 N–H and O–H groups in total. The van der Waals surface area contributed by atoms with E-state index in [1.165, 1.54) is 0 Å². The second-order valence-corrected chi connectivity index (χ2v) is 14.6. The van der Waals surface area contributed by atoms with Crippen molar-refractivity contribution >= 4 is 44.8 Å². The molecule has 0 bridgehead atoms. The van der Waals surface area contributed by atoms with Gasteiger partial charge in [0, 0.05) is 23.2 Å². The third-order valence-electron chi connectivity index (χ3n) is 9.27. The third-order valence-corrected chi connectivity index (χ3v) is 10.3. The molecule has 0 saturated heterocycles. The Morgan fingerprint density at radius 3 is 1.47 bits per heavy atom. The van der Waals surface area contributed by atoms with Gasteiger partial charge in [-0.15, -0.1) is 0 Å². The molecule has 0 amide bonds. The summed E-state index contributed by atoms with van der Waals surface area (Å²) < 4.78 is 57.6. The molecule has 0 fully saturated rings. The number of methoxy groups -OCH3 is 2. The fourth-order valence-electron chi connectivity index (χ4n) is 6.76. The first-order valence-corrected chi connectivity index (χ1v) is 20.1. The van der Waals surface area contributed by atoms with Gasteiger partial charge < -0.3 is 47.4 Å². The maximum absolute atomic E-state index is 11.4. The van der Waals surface area contributed by atoms with Crippen molar-refractivity contribution in [3.05, 3.63) is 115 Å². The Balaban J connectivity index is 1.55. The fraction of sp³-hybridized carbons (Fsp3) is 0.395. The van der Waals surface area contributed by atoms with Gasteiger partial charge in [-0.05, 0) is 80.9 Å². The molecule has 0 heterocycles. The Labute approximate surface area is 350 Å².